The lowest BCUT2D eigenvalue weighted by molar-refractivity contribution is -0.176. The summed E-state index contributed by atoms with van der Waals surface area (Å²) < 4.78 is 0. The van der Waals surface area contributed by atoms with Gasteiger partial charge in [0, 0.05) is 0 Å². The molecule has 4 N–H and O–H groups in total. The van der Waals surface area contributed by atoms with Gasteiger partial charge in [0.2, 0.25) is 0 Å². The van der Waals surface area contributed by atoms with E-state index >= 15 is 0 Å². The van der Waals surface area contributed by atoms with Crippen molar-refractivity contribution in [1.29, 1.82) is 0 Å². The second-order valence-electron chi connectivity index (χ2n) is 11.1. The average molecular weight is 381 g/mol. The first-order valence-electron chi connectivity index (χ1n) is 11.4. The van der Waals surface area contributed by atoms with Crippen LogP contribution in [0.2, 0.25) is 0 Å². The molecule has 4 fully saturated rings. The Morgan fingerprint density at radius 3 is 2.30 bits per heavy atom. The molecule has 11 atom stereocenters. The van der Waals surface area contributed by atoms with E-state index in [-0.39, 0.29) is 35.6 Å². The Morgan fingerprint density at radius 1 is 0.926 bits per heavy atom. The van der Waals surface area contributed by atoms with Crippen molar-refractivity contribution in [2.24, 2.45) is 46.3 Å². The van der Waals surface area contributed by atoms with Gasteiger partial charge >= 0.3 is 0 Å². The highest BCUT2D eigenvalue weighted by Crippen LogP contribution is 2.68. The summed E-state index contributed by atoms with van der Waals surface area (Å²) in [7, 11) is 0. The van der Waals surface area contributed by atoms with Crippen molar-refractivity contribution in [1.82, 2.24) is 0 Å². The van der Waals surface area contributed by atoms with Crippen LogP contribution in [-0.2, 0) is 0 Å². The average Bonchev–Trinajstić information content (AvgIpc) is 2.99. The van der Waals surface area contributed by atoms with Crippen molar-refractivity contribution in [3.63, 3.8) is 0 Å². The number of aliphatic hydroxyl groups excluding tert-OH is 4. The minimum absolute atomic E-state index is 0.107. The van der Waals surface area contributed by atoms with Gasteiger partial charge in [-0.15, -0.1) is 0 Å². The number of fused-ring (bicyclic) bond motifs is 5. The lowest BCUT2D eigenvalue weighted by atomic mass is 9.43. The van der Waals surface area contributed by atoms with Gasteiger partial charge in [-0.3, -0.25) is 0 Å². The molecule has 4 aliphatic carbocycles. The van der Waals surface area contributed by atoms with Crippen LogP contribution in [0.5, 0.6) is 0 Å². The molecule has 0 aliphatic heterocycles. The van der Waals surface area contributed by atoms with Crippen LogP contribution in [0.4, 0.5) is 0 Å². The van der Waals surface area contributed by atoms with E-state index in [4.69, 9.17) is 0 Å². The number of aliphatic hydroxyl groups is 4. The van der Waals surface area contributed by atoms with E-state index in [0.29, 0.717) is 29.6 Å². The molecular weight excluding hydrogens is 340 g/mol. The van der Waals surface area contributed by atoms with Crippen LogP contribution in [0.3, 0.4) is 0 Å². The van der Waals surface area contributed by atoms with Gasteiger partial charge < -0.3 is 20.4 Å². The maximum absolute atomic E-state index is 11.2. The third-order valence-electron chi connectivity index (χ3n) is 10.2. The predicted molar refractivity (Wildman–Crippen MR) is 105 cm³/mol. The molecule has 0 aromatic carbocycles. The highest BCUT2D eigenvalue weighted by atomic mass is 16.3. The summed E-state index contributed by atoms with van der Waals surface area (Å²) in [5, 5.41) is 41.1. The fourth-order valence-electron chi connectivity index (χ4n) is 8.54. The highest BCUT2D eigenvalue weighted by Gasteiger charge is 2.63. The molecule has 4 heteroatoms. The zero-order valence-corrected chi connectivity index (χ0v) is 17.3. The lowest BCUT2D eigenvalue weighted by Gasteiger charge is -2.62. The maximum Gasteiger partial charge on any atom is 0.0799 e. The Balaban J connectivity index is 1.61. The fraction of sp³-hybridized carbons (Fsp3) is 1.00. The van der Waals surface area contributed by atoms with Gasteiger partial charge in [0.15, 0.2) is 0 Å². The van der Waals surface area contributed by atoms with Gasteiger partial charge in [0.1, 0.15) is 0 Å². The number of hydrogen-bond acceptors (Lipinski definition) is 4. The smallest absolute Gasteiger partial charge is 0.0799 e. The third kappa shape index (κ3) is 2.93. The molecule has 4 nitrogen and oxygen atoms in total. The van der Waals surface area contributed by atoms with Crippen LogP contribution in [0, 0.1) is 46.3 Å². The monoisotopic (exact) mass is 380 g/mol. The normalized spacial score (nSPS) is 54.6. The molecule has 0 saturated heterocycles. The van der Waals surface area contributed by atoms with Gasteiger partial charge in [0.25, 0.3) is 0 Å². The third-order valence-corrected chi connectivity index (χ3v) is 10.2. The molecule has 27 heavy (non-hydrogen) atoms. The van der Waals surface area contributed by atoms with Gasteiger partial charge in [-0.05, 0) is 97.7 Å². The van der Waals surface area contributed by atoms with Crippen LogP contribution >= 0.6 is 0 Å². The van der Waals surface area contributed by atoms with Crippen LogP contribution < -0.4 is 0 Å². The second kappa shape index (κ2) is 6.97. The zero-order chi connectivity index (χ0) is 19.6. The van der Waals surface area contributed by atoms with E-state index in [1.165, 1.54) is 6.42 Å². The van der Waals surface area contributed by atoms with E-state index in [1.54, 1.807) is 0 Å². The molecule has 0 spiro atoms. The van der Waals surface area contributed by atoms with Crippen LogP contribution in [-0.4, -0.2) is 45.3 Å². The maximum atomic E-state index is 11.2. The van der Waals surface area contributed by atoms with Crippen molar-refractivity contribution in [2.45, 2.75) is 90.4 Å². The van der Waals surface area contributed by atoms with Crippen LogP contribution in [0.1, 0.15) is 72.1 Å². The van der Waals surface area contributed by atoms with Gasteiger partial charge in [-0.2, -0.15) is 0 Å². The molecule has 0 radical (unpaired) electrons. The first kappa shape index (κ1) is 20.1. The van der Waals surface area contributed by atoms with E-state index in [1.807, 2.05) is 0 Å². The summed E-state index contributed by atoms with van der Waals surface area (Å²) in [5.74, 6) is 2.44. The molecule has 0 aromatic heterocycles. The van der Waals surface area contributed by atoms with Gasteiger partial charge in [0.05, 0.1) is 24.9 Å². The van der Waals surface area contributed by atoms with Crippen molar-refractivity contribution in [3.8, 4) is 0 Å². The molecule has 156 valence electrons. The quantitative estimate of drug-likeness (QED) is 0.607. The van der Waals surface area contributed by atoms with Crippen molar-refractivity contribution < 1.29 is 20.4 Å². The molecule has 0 amide bonds. The summed E-state index contributed by atoms with van der Waals surface area (Å²) >= 11 is 0. The molecular formula is C23H40O4. The Morgan fingerprint density at radius 2 is 1.59 bits per heavy atom. The Labute approximate surface area is 164 Å². The topological polar surface area (TPSA) is 80.9 Å². The molecule has 0 heterocycles. The molecule has 4 aliphatic rings. The zero-order valence-electron chi connectivity index (χ0n) is 17.3. The molecule has 4 saturated carbocycles. The highest BCUT2D eigenvalue weighted by molar-refractivity contribution is 5.12. The van der Waals surface area contributed by atoms with E-state index in [2.05, 4.69) is 20.8 Å². The number of hydrogen-bond donors (Lipinski definition) is 4. The Bertz CT molecular complexity index is 552. The van der Waals surface area contributed by atoms with E-state index in [0.717, 1.165) is 44.9 Å². The Kier molecular flexibility index (Phi) is 5.19. The minimum atomic E-state index is -0.638. The van der Waals surface area contributed by atoms with Crippen molar-refractivity contribution in [2.75, 3.05) is 6.61 Å². The molecule has 0 aromatic rings. The first-order valence-corrected chi connectivity index (χ1v) is 11.4. The molecule has 1 unspecified atom stereocenters. The predicted octanol–water partition coefficient (Wildman–Crippen LogP) is 2.97. The van der Waals surface area contributed by atoms with Crippen molar-refractivity contribution in [3.05, 3.63) is 0 Å². The summed E-state index contributed by atoms with van der Waals surface area (Å²) in [4.78, 5) is 0. The lowest BCUT2D eigenvalue weighted by Crippen LogP contribution is -2.58. The second-order valence-corrected chi connectivity index (χ2v) is 11.1. The standard InChI is InChI=1S/C23H40O4/c1-13(20(27)12-24)16-4-5-17-21-18(7-9-23(16,17)3)22(2)8-6-15(25)10-14(22)11-19(21)26/h13-21,24-27H,4-12H2,1-3H3/t13-,14-,15+,16+,17-,18-,19-,20?,21-,22-,23+/m0/s1. The summed E-state index contributed by atoms with van der Waals surface area (Å²) in [6.45, 7) is 6.79. The van der Waals surface area contributed by atoms with Gasteiger partial charge in [-0.25, -0.2) is 0 Å². The largest absolute Gasteiger partial charge is 0.394 e. The number of rotatable bonds is 3. The summed E-state index contributed by atoms with van der Waals surface area (Å²) in [5.41, 5.74) is 0.424. The van der Waals surface area contributed by atoms with E-state index in [9.17, 15) is 20.4 Å². The minimum Gasteiger partial charge on any atom is -0.394 e. The van der Waals surface area contributed by atoms with Crippen molar-refractivity contribution >= 4 is 0 Å². The molecule has 4 rings (SSSR count). The van der Waals surface area contributed by atoms with E-state index < -0.39 is 6.10 Å². The SMILES string of the molecule is C[C@H](C(O)CO)[C@H]1CC[C@H]2[C@@H]3[C@@H](O)C[C@@H]4C[C@H](O)CC[C@]4(C)[C@H]3CC[C@]12C. The van der Waals surface area contributed by atoms with Crippen LogP contribution in [0.15, 0.2) is 0 Å². The Hall–Kier alpha value is -0.160. The van der Waals surface area contributed by atoms with Gasteiger partial charge in [-0.1, -0.05) is 20.8 Å². The summed E-state index contributed by atoms with van der Waals surface area (Å²) in [6, 6.07) is 0. The van der Waals surface area contributed by atoms with Crippen LogP contribution in [0.25, 0.3) is 0 Å². The summed E-state index contributed by atoms with van der Waals surface area (Å²) in [6.07, 6.45) is 7.23. The first-order chi connectivity index (χ1) is 12.7. The fourth-order valence-corrected chi connectivity index (χ4v) is 8.54. The molecule has 0 bridgehead atoms.